The summed E-state index contributed by atoms with van der Waals surface area (Å²) in [4.78, 5) is 29.9. The zero-order chi connectivity index (χ0) is 44.0. The van der Waals surface area contributed by atoms with Crippen molar-refractivity contribution in [2.45, 2.75) is 148 Å². The number of benzene rings is 1. The molecule has 14 atom stereocenters. The van der Waals surface area contributed by atoms with Crippen molar-refractivity contribution in [3.05, 3.63) is 59.8 Å². The maximum Gasteiger partial charge on any atom is 0.312 e. The van der Waals surface area contributed by atoms with Gasteiger partial charge in [-0.15, -0.1) is 0 Å². The number of halogens is 1. The molecule has 330 valence electrons. The molecule has 15 heteroatoms. The minimum absolute atomic E-state index is 0.132. The van der Waals surface area contributed by atoms with Gasteiger partial charge in [-0.25, -0.2) is 4.39 Å². The highest BCUT2D eigenvalue weighted by atomic mass is 19.1. The molecule has 2 aliphatic rings. The second kappa shape index (κ2) is 20.3. The summed E-state index contributed by atoms with van der Waals surface area (Å²) in [6, 6.07) is 8.60. The van der Waals surface area contributed by atoms with E-state index in [0.717, 1.165) is 0 Å². The Morgan fingerprint density at radius 1 is 1.05 bits per heavy atom. The number of aliphatic hydroxyl groups excluding tert-OH is 2. The van der Waals surface area contributed by atoms with Crippen molar-refractivity contribution in [2.24, 2.45) is 33.9 Å². The van der Waals surface area contributed by atoms with E-state index in [1.165, 1.54) is 44.6 Å². The van der Waals surface area contributed by atoms with Crippen LogP contribution < -0.4 is 0 Å². The number of cyclic esters (lactones) is 1. The van der Waals surface area contributed by atoms with E-state index in [4.69, 9.17) is 28.1 Å². The molecule has 0 amide bonds. The van der Waals surface area contributed by atoms with E-state index in [1.807, 2.05) is 39.8 Å². The lowest BCUT2D eigenvalue weighted by atomic mass is 9.73. The van der Waals surface area contributed by atoms with Crippen molar-refractivity contribution in [3.63, 3.8) is 0 Å². The minimum Gasteiger partial charge on any atom is -0.463 e. The fourth-order valence-electron chi connectivity index (χ4n) is 8.61. The van der Waals surface area contributed by atoms with E-state index in [2.05, 4.69) is 10.2 Å². The summed E-state index contributed by atoms with van der Waals surface area (Å²) >= 11 is 0. The van der Waals surface area contributed by atoms with Crippen LogP contribution in [0.3, 0.4) is 0 Å². The van der Waals surface area contributed by atoms with Gasteiger partial charge in [0.05, 0.1) is 42.5 Å². The van der Waals surface area contributed by atoms with E-state index in [9.17, 15) is 29.3 Å². The normalized spacial score (nSPS) is 37.5. The number of likely N-dealkylation sites (N-methyl/N-ethyl adjacent to an activating group) is 1. The number of nitrogens with zero attached hydrogens (tertiary/aromatic N) is 3. The van der Waals surface area contributed by atoms with Crippen LogP contribution in [0.25, 0.3) is 0 Å². The van der Waals surface area contributed by atoms with Gasteiger partial charge in [0.15, 0.2) is 6.29 Å². The van der Waals surface area contributed by atoms with Crippen molar-refractivity contribution >= 4 is 23.4 Å². The van der Waals surface area contributed by atoms with Crippen molar-refractivity contribution in [3.8, 4) is 0 Å². The summed E-state index contributed by atoms with van der Waals surface area (Å²) in [6.45, 7) is 15.5. The minimum atomic E-state index is -1.97. The molecule has 2 aliphatic heterocycles. The standard InChI is InChI=1S/C44H66FN3O11/c1-13-34-44(9,53)39(51)26(4)36(47-46-29(7)33-15-14-20-55-33)24(2)23-43(8,54-12)40(59-42-37(50)32(48(10)11)21-25(3)56-42)27(5)38(28(6)41(52)57-34)58-35(49)22-30-16-18-31(45)19-17-30/h14-20,24-28,32,34,37-40,42,50-51,53H,13,21-23H2,1-12H3. The largest absolute Gasteiger partial charge is 0.463 e. The number of carbonyl (C=O) groups is 2. The maximum absolute atomic E-state index is 14.3. The van der Waals surface area contributed by atoms with Gasteiger partial charge in [-0.05, 0) is 104 Å². The van der Waals surface area contributed by atoms with Gasteiger partial charge < -0.3 is 48.3 Å². The third-order valence-electron chi connectivity index (χ3n) is 12.2. The summed E-state index contributed by atoms with van der Waals surface area (Å²) in [7, 11) is 5.25. The van der Waals surface area contributed by atoms with Gasteiger partial charge in [-0.1, -0.05) is 39.8 Å². The van der Waals surface area contributed by atoms with Crippen molar-refractivity contribution in [2.75, 3.05) is 21.2 Å². The summed E-state index contributed by atoms with van der Waals surface area (Å²) in [5, 5.41) is 44.9. The lowest BCUT2D eigenvalue weighted by molar-refractivity contribution is -0.301. The molecule has 1 aromatic carbocycles. The number of hydrogen-bond acceptors (Lipinski definition) is 14. The first-order valence-electron chi connectivity index (χ1n) is 20.6. The monoisotopic (exact) mass is 831 g/mol. The topological polar surface area (TPSA) is 182 Å². The molecular formula is C44H66FN3O11. The van der Waals surface area contributed by atoms with Gasteiger partial charge in [0.1, 0.15) is 41.2 Å². The predicted octanol–water partition coefficient (Wildman–Crippen LogP) is 5.34. The SMILES string of the molecule is CCC1OC(=O)C(C)C(OC(=O)Cc2ccc(F)cc2)C(C)C(OC2OC(C)CC(N(C)C)C2O)C(C)(OC)CC(C)C(=NN=C(C)c2ccco2)C(C)C(O)C1(C)O. The van der Waals surface area contributed by atoms with E-state index in [-0.39, 0.29) is 31.4 Å². The number of hydrogen-bond donors (Lipinski definition) is 3. The molecule has 3 heterocycles. The molecule has 14 nitrogen and oxygen atoms in total. The number of methoxy groups -OCH3 is 1. The van der Waals surface area contributed by atoms with E-state index in [0.29, 0.717) is 29.2 Å². The predicted molar refractivity (Wildman–Crippen MR) is 219 cm³/mol. The Hall–Kier alpha value is -3.57. The van der Waals surface area contributed by atoms with Crippen LogP contribution in [-0.2, 0) is 39.7 Å². The lowest BCUT2D eigenvalue weighted by Gasteiger charge is -2.48. The number of aliphatic hydroxyl groups is 3. The average molecular weight is 832 g/mol. The highest BCUT2D eigenvalue weighted by Gasteiger charge is 2.52. The molecule has 2 saturated heterocycles. The smallest absolute Gasteiger partial charge is 0.312 e. The summed E-state index contributed by atoms with van der Waals surface area (Å²) < 4.78 is 51.0. The van der Waals surface area contributed by atoms with E-state index in [1.54, 1.807) is 46.8 Å². The molecule has 0 saturated carbocycles. The Bertz CT molecular complexity index is 1740. The maximum atomic E-state index is 14.3. The van der Waals surface area contributed by atoms with Gasteiger partial charge in [0.2, 0.25) is 0 Å². The molecule has 0 radical (unpaired) electrons. The summed E-state index contributed by atoms with van der Waals surface area (Å²) in [5.74, 6) is -4.79. The third-order valence-corrected chi connectivity index (χ3v) is 12.2. The van der Waals surface area contributed by atoms with Crippen LogP contribution in [-0.4, -0.2) is 125 Å². The second-order valence-electron chi connectivity index (χ2n) is 17.1. The van der Waals surface area contributed by atoms with Crippen molar-refractivity contribution < 1.29 is 57.4 Å². The third kappa shape index (κ3) is 11.4. The molecule has 0 aliphatic carbocycles. The lowest BCUT2D eigenvalue weighted by Crippen LogP contribution is -2.60. The first-order chi connectivity index (χ1) is 27.6. The van der Waals surface area contributed by atoms with Crippen LogP contribution in [0, 0.1) is 29.5 Å². The van der Waals surface area contributed by atoms with Crippen LogP contribution in [0.15, 0.2) is 57.3 Å². The first kappa shape index (κ1) is 48.1. The first-order valence-corrected chi connectivity index (χ1v) is 20.6. The van der Waals surface area contributed by atoms with Gasteiger partial charge in [0, 0.05) is 30.7 Å². The van der Waals surface area contributed by atoms with E-state index >= 15 is 0 Å². The molecule has 1 aromatic heterocycles. The zero-order valence-corrected chi connectivity index (χ0v) is 36.6. The molecule has 59 heavy (non-hydrogen) atoms. The molecule has 2 fully saturated rings. The number of rotatable bonds is 10. The Morgan fingerprint density at radius 2 is 1.71 bits per heavy atom. The Balaban J connectivity index is 1.91. The van der Waals surface area contributed by atoms with Gasteiger partial charge in [-0.2, -0.15) is 10.2 Å². The van der Waals surface area contributed by atoms with Crippen LogP contribution in [0.2, 0.25) is 0 Å². The second-order valence-corrected chi connectivity index (χ2v) is 17.1. The summed E-state index contributed by atoms with van der Waals surface area (Å²) in [6.07, 6.45) is -5.37. The van der Waals surface area contributed by atoms with Crippen LogP contribution in [0.5, 0.6) is 0 Å². The fraction of sp³-hybridized carbons (Fsp3) is 0.682. The van der Waals surface area contributed by atoms with Crippen molar-refractivity contribution in [1.29, 1.82) is 0 Å². The average Bonchev–Trinajstić information content (AvgIpc) is 3.74. The van der Waals surface area contributed by atoms with Crippen LogP contribution >= 0.6 is 0 Å². The van der Waals surface area contributed by atoms with Gasteiger partial charge in [-0.3, -0.25) is 9.59 Å². The van der Waals surface area contributed by atoms with Gasteiger partial charge in [0.25, 0.3) is 0 Å². The Labute approximate surface area is 348 Å². The quantitative estimate of drug-likeness (QED) is 0.159. The highest BCUT2D eigenvalue weighted by molar-refractivity contribution is 5.97. The van der Waals surface area contributed by atoms with Crippen LogP contribution in [0.1, 0.15) is 92.9 Å². The summed E-state index contributed by atoms with van der Waals surface area (Å²) in [5.41, 5.74) is -1.89. The zero-order valence-electron chi connectivity index (χ0n) is 36.6. The molecule has 2 aromatic rings. The van der Waals surface area contributed by atoms with Gasteiger partial charge >= 0.3 is 11.9 Å². The van der Waals surface area contributed by atoms with E-state index < -0.39 is 89.4 Å². The molecule has 4 rings (SSSR count). The fourth-order valence-corrected chi connectivity index (χ4v) is 8.61. The Kier molecular flexibility index (Phi) is 16.6. The number of carbonyl (C=O) groups excluding carboxylic acids is 2. The molecule has 0 spiro atoms. The molecular weight excluding hydrogens is 765 g/mol. The highest BCUT2D eigenvalue weighted by Crippen LogP contribution is 2.40. The number of esters is 2. The number of furan rings is 1. The Morgan fingerprint density at radius 3 is 2.29 bits per heavy atom. The molecule has 14 unspecified atom stereocenters. The van der Waals surface area contributed by atoms with Crippen molar-refractivity contribution in [1.82, 2.24) is 4.90 Å². The van der Waals surface area contributed by atoms with Crippen LogP contribution in [0.4, 0.5) is 4.39 Å². The molecule has 0 bridgehead atoms. The molecule has 3 N–H and O–H groups in total. The number of ether oxygens (including phenoxy) is 5.